The van der Waals surface area contributed by atoms with Gasteiger partial charge in [-0.3, -0.25) is 9.55 Å². The van der Waals surface area contributed by atoms with Crippen molar-refractivity contribution in [2.45, 2.75) is 26.1 Å². The number of halogens is 3. The number of benzene rings is 2. The van der Waals surface area contributed by atoms with Gasteiger partial charge in [-0.15, -0.1) is 0 Å². The summed E-state index contributed by atoms with van der Waals surface area (Å²) < 4.78 is 44.0. The molecule has 1 atom stereocenters. The lowest BCUT2D eigenvalue weighted by Gasteiger charge is -2.16. The first-order valence-corrected chi connectivity index (χ1v) is 12.3. The lowest BCUT2D eigenvalue weighted by Crippen LogP contribution is -2.38. The van der Waals surface area contributed by atoms with Crippen LogP contribution in [0.5, 0.6) is 0 Å². The number of rotatable bonds is 5. The molecular weight excluding hydrogens is 535 g/mol. The van der Waals surface area contributed by atoms with Crippen LogP contribution in [-0.2, 0) is 6.18 Å². The predicted octanol–water partition coefficient (Wildman–Crippen LogP) is 6.08. The molecule has 12 heteroatoms. The van der Waals surface area contributed by atoms with Gasteiger partial charge in [0.15, 0.2) is 5.69 Å². The molecule has 5 aromatic rings. The second-order valence-electron chi connectivity index (χ2n) is 9.14. The van der Waals surface area contributed by atoms with Crippen molar-refractivity contribution in [3.05, 3.63) is 124 Å². The van der Waals surface area contributed by atoms with Crippen molar-refractivity contribution in [2.75, 3.05) is 0 Å². The van der Waals surface area contributed by atoms with E-state index in [9.17, 15) is 22.8 Å². The van der Waals surface area contributed by atoms with Crippen LogP contribution < -0.4 is 11.0 Å². The van der Waals surface area contributed by atoms with E-state index in [0.29, 0.717) is 17.1 Å². The fourth-order valence-electron chi connectivity index (χ4n) is 4.56. The normalized spacial score (nSPS) is 12.1. The Balaban J connectivity index is 1.70. The van der Waals surface area contributed by atoms with Crippen molar-refractivity contribution in [3.8, 4) is 22.8 Å². The van der Waals surface area contributed by atoms with Crippen LogP contribution in [0.3, 0.4) is 0 Å². The van der Waals surface area contributed by atoms with Crippen LogP contribution >= 0.6 is 0 Å². The maximum atomic E-state index is 13.9. The zero-order chi connectivity index (χ0) is 29.3. The van der Waals surface area contributed by atoms with Crippen molar-refractivity contribution < 1.29 is 18.0 Å². The largest absolute Gasteiger partial charge is 0.416 e. The number of nitrogens with zero attached hydrogens (tertiary/aromatic N) is 6. The third-order valence-corrected chi connectivity index (χ3v) is 6.57. The van der Waals surface area contributed by atoms with Gasteiger partial charge in [0.25, 0.3) is 0 Å². The Morgan fingerprint density at radius 2 is 1.71 bits per heavy atom. The molecule has 0 aliphatic heterocycles. The third-order valence-electron chi connectivity index (χ3n) is 6.57. The molecule has 41 heavy (non-hydrogen) atoms. The summed E-state index contributed by atoms with van der Waals surface area (Å²) >= 11 is 0. The Kier molecular flexibility index (Phi) is 7.03. The van der Waals surface area contributed by atoms with Crippen molar-refractivity contribution >= 4 is 11.7 Å². The molecule has 3 heterocycles. The van der Waals surface area contributed by atoms with E-state index in [1.165, 1.54) is 23.0 Å². The minimum atomic E-state index is -4.63. The molecule has 0 aliphatic rings. The molecule has 206 valence electrons. The molecule has 1 N–H and O–H groups in total. The summed E-state index contributed by atoms with van der Waals surface area (Å²) in [5.74, 6) is 0. The van der Waals surface area contributed by atoms with Crippen molar-refractivity contribution in [2.24, 2.45) is 0 Å². The molecule has 9 nitrogen and oxygen atoms in total. The van der Waals surface area contributed by atoms with Crippen LogP contribution in [0.15, 0.2) is 90.1 Å². The molecule has 3 aromatic heterocycles. The minimum absolute atomic E-state index is 0.0511. The van der Waals surface area contributed by atoms with Crippen LogP contribution in [0.2, 0.25) is 0 Å². The van der Waals surface area contributed by atoms with Gasteiger partial charge in [0.1, 0.15) is 5.69 Å². The monoisotopic (exact) mass is 557 g/mol. The van der Waals surface area contributed by atoms with Gasteiger partial charge < -0.3 is 5.32 Å². The highest BCUT2D eigenvalue weighted by Crippen LogP contribution is 2.32. The van der Waals surface area contributed by atoms with E-state index >= 15 is 0 Å². The summed E-state index contributed by atoms with van der Waals surface area (Å²) in [5, 5.41) is 7.15. The topological polar surface area (TPSA) is 91.1 Å². The van der Waals surface area contributed by atoms with E-state index in [4.69, 9.17) is 6.57 Å². The zero-order valence-electron chi connectivity index (χ0n) is 21.8. The van der Waals surface area contributed by atoms with Gasteiger partial charge in [0, 0.05) is 12.4 Å². The molecule has 0 aliphatic carbocycles. The average molecular weight is 558 g/mol. The third kappa shape index (κ3) is 5.12. The quantitative estimate of drug-likeness (QED) is 0.265. The number of carbonyl (C=O) groups is 1. The number of hydrogen-bond donors (Lipinski definition) is 1. The van der Waals surface area contributed by atoms with E-state index in [0.717, 1.165) is 26.8 Å². The summed E-state index contributed by atoms with van der Waals surface area (Å²) in [5.41, 5.74) is 0.561. The van der Waals surface area contributed by atoms with Crippen LogP contribution in [0.25, 0.3) is 27.6 Å². The fourth-order valence-corrected chi connectivity index (χ4v) is 4.56. The summed E-state index contributed by atoms with van der Waals surface area (Å²) in [6, 6.07) is 14.6. The van der Waals surface area contributed by atoms with Crippen molar-refractivity contribution in [1.82, 2.24) is 29.2 Å². The molecule has 0 saturated heterocycles. The number of imidazole rings is 1. The van der Waals surface area contributed by atoms with Crippen LogP contribution in [0, 0.1) is 13.5 Å². The second kappa shape index (κ2) is 10.6. The van der Waals surface area contributed by atoms with Gasteiger partial charge in [0.2, 0.25) is 0 Å². The minimum Gasteiger partial charge on any atom is -0.331 e. The molecule has 0 bridgehead atoms. The van der Waals surface area contributed by atoms with Gasteiger partial charge in [-0.05, 0) is 67.9 Å². The van der Waals surface area contributed by atoms with Crippen molar-refractivity contribution in [1.29, 1.82) is 0 Å². The first kappa shape index (κ1) is 27.1. The Labute approximate surface area is 231 Å². The summed E-state index contributed by atoms with van der Waals surface area (Å²) in [4.78, 5) is 34.9. The second-order valence-corrected chi connectivity index (χ2v) is 9.14. The van der Waals surface area contributed by atoms with E-state index in [1.54, 1.807) is 68.7 Å². The molecule has 0 radical (unpaired) electrons. The first-order valence-electron chi connectivity index (χ1n) is 12.3. The van der Waals surface area contributed by atoms with Crippen LogP contribution in [0.1, 0.15) is 29.8 Å². The highest BCUT2D eigenvalue weighted by atomic mass is 19.4. The van der Waals surface area contributed by atoms with Crippen LogP contribution in [0.4, 0.5) is 23.7 Å². The SMILES string of the molecule is [C-]#[N+]c1ccc(-n2nccc2-c2c(C)n(-c3cccc(C(F)(F)F)c3)c(=O)n2C(=O)N[C@H](C)c2ccncc2)cc1. The molecule has 0 unspecified atom stereocenters. The smallest absolute Gasteiger partial charge is 0.331 e. The number of amides is 1. The zero-order valence-corrected chi connectivity index (χ0v) is 21.8. The van der Waals surface area contributed by atoms with E-state index in [2.05, 4.69) is 20.2 Å². The van der Waals surface area contributed by atoms with E-state index in [-0.39, 0.29) is 17.1 Å². The Morgan fingerprint density at radius 1 is 1.00 bits per heavy atom. The number of nitrogens with one attached hydrogen (secondary N) is 1. The summed E-state index contributed by atoms with van der Waals surface area (Å²) in [7, 11) is 0. The average Bonchev–Trinajstić information content (AvgIpc) is 3.54. The molecule has 0 fully saturated rings. The lowest BCUT2D eigenvalue weighted by molar-refractivity contribution is -0.137. The summed E-state index contributed by atoms with van der Waals surface area (Å²) in [6.07, 6.45) is -0.0127. The van der Waals surface area contributed by atoms with Crippen molar-refractivity contribution in [3.63, 3.8) is 0 Å². The molecule has 1 amide bonds. The van der Waals surface area contributed by atoms with Gasteiger partial charge in [-0.25, -0.2) is 23.7 Å². The molecule has 0 spiro atoms. The van der Waals surface area contributed by atoms with Gasteiger partial charge in [-0.1, -0.05) is 18.2 Å². The number of alkyl halides is 3. The fraction of sp³-hybridized carbons (Fsp3) is 0.138. The molecule has 2 aromatic carbocycles. The van der Waals surface area contributed by atoms with Gasteiger partial charge >= 0.3 is 17.9 Å². The Bertz CT molecular complexity index is 1830. The standard InChI is InChI=1S/C29H22F3N7O2/c1-18(20-11-14-34-15-12-20)36-27(40)38-26(25-13-16-35-39(25)23-9-7-22(33-3)8-10-23)19(2)37(28(38)41)24-6-4-5-21(17-24)29(30,31)32/h4-18H,1-2H3,(H,36,40)/t18-/m1/s1. The van der Waals surface area contributed by atoms with E-state index in [1.807, 2.05) is 0 Å². The maximum absolute atomic E-state index is 13.9. The first-order chi connectivity index (χ1) is 19.6. The lowest BCUT2D eigenvalue weighted by atomic mass is 10.1. The Hall–Kier alpha value is -5.44. The van der Waals surface area contributed by atoms with Crippen LogP contribution in [-0.4, -0.2) is 29.9 Å². The van der Waals surface area contributed by atoms with Gasteiger partial charge in [-0.2, -0.15) is 18.3 Å². The highest BCUT2D eigenvalue weighted by Gasteiger charge is 2.32. The summed E-state index contributed by atoms with van der Waals surface area (Å²) in [6.45, 7) is 10.5. The van der Waals surface area contributed by atoms with Gasteiger partial charge in [0.05, 0.1) is 47.1 Å². The maximum Gasteiger partial charge on any atom is 0.416 e. The highest BCUT2D eigenvalue weighted by molar-refractivity contribution is 5.83. The number of hydrogen-bond acceptors (Lipinski definition) is 4. The number of aromatic nitrogens is 5. The number of pyridine rings is 1. The number of carbonyl (C=O) groups excluding carboxylic acids is 1. The molecule has 5 rings (SSSR count). The van der Waals surface area contributed by atoms with E-state index < -0.39 is 29.5 Å². The Morgan fingerprint density at radius 3 is 2.37 bits per heavy atom. The molecule has 0 saturated carbocycles. The molecular formula is C29H22F3N7O2. The predicted molar refractivity (Wildman–Crippen MR) is 145 cm³/mol.